The Labute approximate surface area is 96.9 Å². The maximum absolute atomic E-state index is 12.1. The molecule has 0 bridgehead atoms. The maximum Gasteiger partial charge on any atom is 0.349 e. The quantitative estimate of drug-likeness (QED) is 0.489. The van der Waals surface area contributed by atoms with Gasteiger partial charge >= 0.3 is 7.60 Å². The largest absolute Gasteiger partial charge is 0.349 e. The van der Waals surface area contributed by atoms with Gasteiger partial charge < -0.3 is 13.9 Å². The highest BCUT2D eigenvalue weighted by Crippen LogP contribution is 2.48. The molecule has 0 N–H and O–H groups in total. The van der Waals surface area contributed by atoms with E-state index in [1.54, 1.807) is 19.9 Å². The molecule has 6 heteroatoms. The Kier molecular flexibility index (Phi) is 7.30. The molecule has 0 spiro atoms. The smallest absolute Gasteiger partial charge is 0.327 e. The Balaban J connectivity index is 4.62. The summed E-state index contributed by atoms with van der Waals surface area (Å²) in [6.07, 6.45) is 1.54. The molecular weight excluding hydrogens is 229 g/mol. The summed E-state index contributed by atoms with van der Waals surface area (Å²) in [4.78, 5) is 12.7. The third kappa shape index (κ3) is 5.45. The molecule has 0 saturated carbocycles. The van der Waals surface area contributed by atoms with Crippen LogP contribution in [0, 0.1) is 0 Å². The second-order valence-electron chi connectivity index (χ2n) is 3.12. The lowest BCUT2D eigenvalue weighted by atomic mass is 10.5. The van der Waals surface area contributed by atoms with E-state index < -0.39 is 7.60 Å². The van der Waals surface area contributed by atoms with Crippen molar-refractivity contribution in [1.29, 1.82) is 0 Å². The summed E-state index contributed by atoms with van der Waals surface area (Å²) >= 11 is 0. The fraction of sp³-hybridized carbons (Fsp3) is 0.700. The van der Waals surface area contributed by atoms with E-state index in [1.165, 1.54) is 11.8 Å². The summed E-state index contributed by atoms with van der Waals surface area (Å²) in [6, 6.07) is 0. The van der Waals surface area contributed by atoms with Crippen LogP contribution in [0.3, 0.4) is 0 Å². The van der Waals surface area contributed by atoms with E-state index in [1.807, 2.05) is 0 Å². The average molecular weight is 249 g/mol. The number of carbonyl (C=O) groups is 1. The zero-order chi connectivity index (χ0) is 12.6. The van der Waals surface area contributed by atoms with Crippen molar-refractivity contribution in [1.82, 2.24) is 4.90 Å². The molecular formula is C10H20NO4P. The van der Waals surface area contributed by atoms with E-state index >= 15 is 0 Å². The van der Waals surface area contributed by atoms with Gasteiger partial charge in [0.1, 0.15) is 6.29 Å². The number of nitrogens with zero attached hydrogens (tertiary/aromatic N) is 1. The van der Waals surface area contributed by atoms with Gasteiger partial charge in [-0.05, 0) is 13.8 Å². The summed E-state index contributed by atoms with van der Waals surface area (Å²) in [6.45, 7) is 9.33. The molecule has 1 amide bonds. The Morgan fingerprint density at radius 1 is 1.38 bits per heavy atom. The number of carbonyl (C=O) groups excluding carboxylic acids is 1. The van der Waals surface area contributed by atoms with Gasteiger partial charge in [0.2, 0.25) is 5.91 Å². The van der Waals surface area contributed by atoms with Crippen LogP contribution in [0.5, 0.6) is 0 Å². The minimum atomic E-state index is -3.20. The Bertz CT molecular complexity index is 270. The van der Waals surface area contributed by atoms with Crippen LogP contribution < -0.4 is 0 Å². The number of rotatable bonds is 8. The Morgan fingerprint density at radius 2 is 1.88 bits per heavy atom. The van der Waals surface area contributed by atoms with Gasteiger partial charge in [-0.15, -0.1) is 6.58 Å². The first kappa shape index (κ1) is 15.4. The molecule has 0 heterocycles. The topological polar surface area (TPSA) is 55.8 Å². The van der Waals surface area contributed by atoms with Crippen LogP contribution in [0.2, 0.25) is 0 Å². The van der Waals surface area contributed by atoms with E-state index in [9.17, 15) is 9.36 Å². The van der Waals surface area contributed by atoms with Crippen molar-refractivity contribution in [3.63, 3.8) is 0 Å². The van der Waals surface area contributed by atoms with E-state index in [2.05, 4.69) is 6.58 Å². The summed E-state index contributed by atoms with van der Waals surface area (Å²) < 4.78 is 22.3. The fourth-order valence-electron chi connectivity index (χ4n) is 1.16. The molecule has 94 valence electrons. The summed E-state index contributed by atoms with van der Waals surface area (Å²) in [5.41, 5.74) is 0. The van der Waals surface area contributed by atoms with Gasteiger partial charge in [-0.1, -0.05) is 6.08 Å². The van der Waals surface area contributed by atoms with Crippen LogP contribution in [0.4, 0.5) is 0 Å². The molecule has 0 radical (unpaired) electrons. The van der Waals surface area contributed by atoms with Crippen molar-refractivity contribution < 1.29 is 18.4 Å². The van der Waals surface area contributed by atoms with Crippen LogP contribution in [0.1, 0.15) is 20.8 Å². The molecule has 0 aromatic rings. The van der Waals surface area contributed by atoms with Crippen molar-refractivity contribution >= 4 is 13.5 Å². The molecule has 0 aliphatic rings. The number of hydrogen-bond donors (Lipinski definition) is 0. The SMILES string of the molecule is C=CCN(CP(=O)(OCC)OCC)C(C)=O. The monoisotopic (exact) mass is 249 g/mol. The van der Waals surface area contributed by atoms with Gasteiger partial charge in [-0.25, -0.2) is 0 Å². The summed E-state index contributed by atoms with van der Waals surface area (Å²) in [5, 5.41) is 0. The van der Waals surface area contributed by atoms with Gasteiger partial charge in [-0.2, -0.15) is 0 Å². The van der Waals surface area contributed by atoms with Crippen molar-refractivity contribution in [2.75, 3.05) is 26.0 Å². The number of hydrogen-bond acceptors (Lipinski definition) is 4. The molecule has 0 atom stereocenters. The van der Waals surface area contributed by atoms with Crippen molar-refractivity contribution in [2.45, 2.75) is 20.8 Å². The first-order valence-electron chi connectivity index (χ1n) is 5.23. The van der Waals surface area contributed by atoms with E-state index in [-0.39, 0.29) is 25.4 Å². The van der Waals surface area contributed by atoms with E-state index in [4.69, 9.17) is 9.05 Å². The molecule has 0 fully saturated rings. The van der Waals surface area contributed by atoms with Gasteiger partial charge in [-0.3, -0.25) is 9.36 Å². The van der Waals surface area contributed by atoms with Crippen LogP contribution in [0.25, 0.3) is 0 Å². The molecule has 0 aliphatic carbocycles. The highest BCUT2D eigenvalue weighted by atomic mass is 31.2. The molecule has 0 unspecified atom stereocenters. The zero-order valence-corrected chi connectivity index (χ0v) is 11.0. The lowest BCUT2D eigenvalue weighted by Crippen LogP contribution is -2.30. The minimum absolute atomic E-state index is 0.0317. The minimum Gasteiger partial charge on any atom is -0.327 e. The van der Waals surface area contributed by atoms with Crippen molar-refractivity contribution in [3.05, 3.63) is 12.7 Å². The third-order valence-corrected chi connectivity index (χ3v) is 3.78. The lowest BCUT2D eigenvalue weighted by molar-refractivity contribution is -0.127. The molecule has 0 aromatic heterocycles. The predicted octanol–water partition coefficient (Wildman–Crippen LogP) is 2.24. The van der Waals surface area contributed by atoms with Crippen LogP contribution in [-0.2, 0) is 18.4 Å². The first-order valence-corrected chi connectivity index (χ1v) is 6.96. The molecule has 0 aliphatic heterocycles. The Hall–Kier alpha value is -0.640. The predicted molar refractivity (Wildman–Crippen MR) is 63.3 cm³/mol. The van der Waals surface area contributed by atoms with Crippen molar-refractivity contribution in [2.24, 2.45) is 0 Å². The molecule has 0 aromatic carbocycles. The summed E-state index contributed by atoms with van der Waals surface area (Å²) in [5.74, 6) is -0.181. The summed E-state index contributed by atoms with van der Waals surface area (Å²) in [7, 11) is -3.20. The van der Waals surface area contributed by atoms with Gasteiger partial charge in [0.05, 0.1) is 13.2 Å². The third-order valence-electron chi connectivity index (χ3n) is 1.79. The zero-order valence-electron chi connectivity index (χ0n) is 10.1. The highest BCUT2D eigenvalue weighted by molar-refractivity contribution is 7.53. The highest BCUT2D eigenvalue weighted by Gasteiger charge is 2.27. The number of amides is 1. The van der Waals surface area contributed by atoms with E-state index in [0.29, 0.717) is 6.54 Å². The Morgan fingerprint density at radius 3 is 2.19 bits per heavy atom. The molecule has 5 nitrogen and oxygen atoms in total. The van der Waals surface area contributed by atoms with Crippen LogP contribution in [-0.4, -0.2) is 36.9 Å². The molecule has 0 rings (SSSR count). The second kappa shape index (κ2) is 7.60. The standard InChI is InChI=1S/C10H20NO4P/c1-5-8-11(10(4)12)9-16(13,14-6-2)15-7-3/h5H,1,6-9H2,2-4H3. The van der Waals surface area contributed by atoms with Crippen LogP contribution >= 0.6 is 7.60 Å². The van der Waals surface area contributed by atoms with Gasteiger partial charge in [0, 0.05) is 13.5 Å². The first-order chi connectivity index (χ1) is 7.49. The van der Waals surface area contributed by atoms with Gasteiger partial charge in [0.25, 0.3) is 0 Å². The molecule has 16 heavy (non-hydrogen) atoms. The van der Waals surface area contributed by atoms with Crippen molar-refractivity contribution in [3.8, 4) is 0 Å². The fourth-order valence-corrected chi connectivity index (χ4v) is 2.92. The maximum atomic E-state index is 12.1. The van der Waals surface area contributed by atoms with E-state index in [0.717, 1.165) is 0 Å². The van der Waals surface area contributed by atoms with Gasteiger partial charge in [0.15, 0.2) is 0 Å². The van der Waals surface area contributed by atoms with Crippen LogP contribution in [0.15, 0.2) is 12.7 Å². The second-order valence-corrected chi connectivity index (χ2v) is 5.14. The normalized spacial score (nSPS) is 11.2. The lowest BCUT2D eigenvalue weighted by Gasteiger charge is -2.24. The molecule has 0 saturated heterocycles. The average Bonchev–Trinajstić information content (AvgIpc) is 2.17.